The van der Waals surface area contributed by atoms with Crippen LogP contribution in [0.15, 0.2) is 71.6 Å². The smallest absolute Gasteiger partial charge is 0.261 e. The van der Waals surface area contributed by atoms with Crippen molar-refractivity contribution in [3.8, 4) is 0 Å². The lowest BCUT2D eigenvalue weighted by atomic mass is 10.1. The Bertz CT molecular complexity index is 1450. The fourth-order valence-corrected chi connectivity index (χ4v) is 5.62. The van der Waals surface area contributed by atoms with Crippen LogP contribution in [-0.2, 0) is 24.8 Å². The number of rotatable bonds is 10. The summed E-state index contributed by atoms with van der Waals surface area (Å²) in [5.41, 5.74) is 4.47. The molecule has 0 heterocycles. The lowest BCUT2D eigenvalue weighted by molar-refractivity contribution is -0.116. The summed E-state index contributed by atoms with van der Waals surface area (Å²) < 4.78 is 53.7. The number of aryl methyl sites for hydroxylation is 3. The van der Waals surface area contributed by atoms with E-state index in [-0.39, 0.29) is 23.8 Å². The van der Waals surface area contributed by atoms with Gasteiger partial charge in [-0.05, 0) is 92.4 Å². The third kappa shape index (κ3) is 7.32. The average Bonchev–Trinajstić information content (AvgIpc) is 2.78. The molecular formula is C26H31N3O5S2. The third-order valence-electron chi connectivity index (χ3n) is 5.66. The van der Waals surface area contributed by atoms with Crippen molar-refractivity contribution >= 4 is 43.0 Å². The summed E-state index contributed by atoms with van der Waals surface area (Å²) in [5.74, 6) is -0.294. The maximum Gasteiger partial charge on any atom is 0.261 e. The number of carbonyl (C=O) groups is 1. The number of carbonyl (C=O) groups excluding carboxylic acids is 1. The molecular weight excluding hydrogens is 498 g/mol. The van der Waals surface area contributed by atoms with Crippen molar-refractivity contribution in [2.45, 2.75) is 38.5 Å². The van der Waals surface area contributed by atoms with Gasteiger partial charge in [0.2, 0.25) is 15.9 Å². The number of sulfonamides is 2. The van der Waals surface area contributed by atoms with Crippen LogP contribution >= 0.6 is 0 Å². The molecule has 0 unspecified atom stereocenters. The topological polar surface area (TPSA) is 113 Å². The van der Waals surface area contributed by atoms with Crippen LogP contribution < -0.4 is 14.3 Å². The summed E-state index contributed by atoms with van der Waals surface area (Å²) in [6.07, 6.45) is 1.57. The first-order valence-electron chi connectivity index (χ1n) is 11.4. The van der Waals surface area contributed by atoms with Crippen LogP contribution in [-0.4, -0.2) is 35.5 Å². The van der Waals surface area contributed by atoms with Gasteiger partial charge in [0.15, 0.2) is 0 Å². The van der Waals surface area contributed by atoms with Crippen molar-refractivity contribution in [2.24, 2.45) is 0 Å². The number of benzene rings is 3. The van der Waals surface area contributed by atoms with E-state index in [1.54, 1.807) is 24.3 Å². The molecule has 3 aromatic rings. The fourth-order valence-electron chi connectivity index (χ4n) is 3.61. The number of hydrogen-bond donors (Lipinski definition) is 2. The number of anilines is 3. The molecule has 1 amide bonds. The summed E-state index contributed by atoms with van der Waals surface area (Å²) in [6.45, 7) is 5.91. The van der Waals surface area contributed by atoms with Gasteiger partial charge in [-0.2, -0.15) is 0 Å². The van der Waals surface area contributed by atoms with Gasteiger partial charge in [-0.3, -0.25) is 13.8 Å². The van der Waals surface area contributed by atoms with E-state index in [9.17, 15) is 21.6 Å². The molecule has 0 bridgehead atoms. The highest BCUT2D eigenvalue weighted by Gasteiger charge is 2.18. The minimum Gasteiger partial charge on any atom is -0.326 e. The normalized spacial score (nSPS) is 11.7. The lowest BCUT2D eigenvalue weighted by Crippen LogP contribution is -2.31. The van der Waals surface area contributed by atoms with Crippen molar-refractivity contribution in [3.05, 3.63) is 83.4 Å². The highest BCUT2D eigenvalue weighted by molar-refractivity contribution is 7.92. The van der Waals surface area contributed by atoms with Gasteiger partial charge in [0.1, 0.15) is 0 Å². The zero-order chi connectivity index (χ0) is 26.5. The molecule has 3 rings (SSSR count). The molecule has 0 aliphatic heterocycles. The monoisotopic (exact) mass is 529 g/mol. The quantitative estimate of drug-likeness (QED) is 0.399. The summed E-state index contributed by atoms with van der Waals surface area (Å²) in [6, 6.07) is 18.3. The second-order valence-corrected chi connectivity index (χ2v) is 12.3. The van der Waals surface area contributed by atoms with E-state index in [0.29, 0.717) is 23.5 Å². The zero-order valence-corrected chi connectivity index (χ0v) is 22.4. The fraction of sp³-hybridized carbons (Fsp3) is 0.269. The number of amides is 1. The Labute approximate surface area is 213 Å². The van der Waals surface area contributed by atoms with Gasteiger partial charge in [0.05, 0.1) is 16.8 Å². The van der Waals surface area contributed by atoms with E-state index in [4.69, 9.17) is 0 Å². The molecule has 0 atom stereocenters. The van der Waals surface area contributed by atoms with Crippen LogP contribution in [0.25, 0.3) is 0 Å². The molecule has 8 nitrogen and oxygen atoms in total. The molecule has 0 fully saturated rings. The van der Waals surface area contributed by atoms with Crippen molar-refractivity contribution in [2.75, 3.05) is 27.1 Å². The van der Waals surface area contributed by atoms with Crippen molar-refractivity contribution in [1.29, 1.82) is 0 Å². The van der Waals surface area contributed by atoms with Crippen molar-refractivity contribution < 1.29 is 21.6 Å². The molecule has 0 aliphatic rings. The van der Waals surface area contributed by atoms with Gasteiger partial charge in [0, 0.05) is 24.3 Å². The molecule has 0 aliphatic carbocycles. The molecule has 3 aromatic carbocycles. The van der Waals surface area contributed by atoms with Crippen LogP contribution in [0.2, 0.25) is 0 Å². The lowest BCUT2D eigenvalue weighted by Gasteiger charge is -2.23. The minimum absolute atomic E-state index is 0.0687. The Kier molecular flexibility index (Phi) is 8.42. The SMILES string of the molecule is Cc1cccc(NS(=O)(=O)c2ccc(NC(=O)CCCN(c3ccc(C)c(C)c3)S(C)(=O)=O)cc2)c1. The van der Waals surface area contributed by atoms with Gasteiger partial charge in [-0.15, -0.1) is 0 Å². The van der Waals surface area contributed by atoms with Crippen LogP contribution in [0.4, 0.5) is 17.1 Å². The van der Waals surface area contributed by atoms with Gasteiger partial charge in [0.25, 0.3) is 10.0 Å². The maximum absolute atomic E-state index is 12.6. The first kappa shape index (κ1) is 27.2. The van der Waals surface area contributed by atoms with E-state index >= 15 is 0 Å². The highest BCUT2D eigenvalue weighted by atomic mass is 32.2. The van der Waals surface area contributed by atoms with E-state index in [1.807, 2.05) is 39.0 Å². The Balaban J connectivity index is 1.58. The van der Waals surface area contributed by atoms with Gasteiger partial charge in [-0.25, -0.2) is 16.8 Å². The van der Waals surface area contributed by atoms with Crippen LogP contribution in [0, 0.1) is 20.8 Å². The van der Waals surface area contributed by atoms with E-state index in [1.165, 1.54) is 28.6 Å². The first-order valence-corrected chi connectivity index (χ1v) is 14.7. The molecule has 2 N–H and O–H groups in total. The minimum atomic E-state index is -3.77. The molecule has 0 aromatic heterocycles. The van der Waals surface area contributed by atoms with Crippen LogP contribution in [0.1, 0.15) is 29.5 Å². The Morgan fingerprint density at radius 2 is 1.53 bits per heavy atom. The predicted octanol–water partition coefficient (Wildman–Crippen LogP) is 4.60. The third-order valence-corrected chi connectivity index (χ3v) is 8.25. The van der Waals surface area contributed by atoms with E-state index < -0.39 is 20.0 Å². The maximum atomic E-state index is 12.6. The molecule has 36 heavy (non-hydrogen) atoms. The molecule has 0 saturated carbocycles. The first-order chi connectivity index (χ1) is 16.8. The second kappa shape index (κ2) is 11.1. The Morgan fingerprint density at radius 3 is 2.14 bits per heavy atom. The molecule has 0 spiro atoms. The largest absolute Gasteiger partial charge is 0.326 e. The average molecular weight is 530 g/mol. The molecule has 0 saturated heterocycles. The number of nitrogens with one attached hydrogen (secondary N) is 2. The molecule has 192 valence electrons. The zero-order valence-electron chi connectivity index (χ0n) is 20.8. The predicted molar refractivity (Wildman–Crippen MR) is 144 cm³/mol. The number of nitrogens with zero attached hydrogens (tertiary/aromatic N) is 1. The summed E-state index contributed by atoms with van der Waals surface area (Å²) >= 11 is 0. The Hall–Kier alpha value is -3.37. The van der Waals surface area contributed by atoms with E-state index in [2.05, 4.69) is 10.0 Å². The summed E-state index contributed by atoms with van der Waals surface area (Å²) in [4.78, 5) is 12.5. The van der Waals surface area contributed by atoms with Crippen molar-refractivity contribution in [3.63, 3.8) is 0 Å². The van der Waals surface area contributed by atoms with Crippen LogP contribution in [0.5, 0.6) is 0 Å². The molecule has 10 heteroatoms. The van der Waals surface area contributed by atoms with Gasteiger partial charge < -0.3 is 5.32 Å². The Morgan fingerprint density at radius 1 is 0.833 bits per heavy atom. The number of hydrogen-bond acceptors (Lipinski definition) is 5. The molecule has 0 radical (unpaired) electrons. The van der Waals surface area contributed by atoms with Crippen molar-refractivity contribution in [1.82, 2.24) is 0 Å². The second-order valence-electron chi connectivity index (χ2n) is 8.75. The van der Waals surface area contributed by atoms with Gasteiger partial charge >= 0.3 is 0 Å². The standard InChI is InChI=1S/C26H31N3O5S2/c1-19-7-5-8-23(17-19)28-36(33,34)25-14-11-22(12-15-25)27-26(30)9-6-16-29(35(4,31)32)24-13-10-20(2)21(3)18-24/h5,7-8,10-15,17-18,28H,6,9,16H2,1-4H3,(H,27,30). The van der Waals surface area contributed by atoms with Gasteiger partial charge in [-0.1, -0.05) is 18.2 Å². The highest BCUT2D eigenvalue weighted by Crippen LogP contribution is 2.22. The van der Waals surface area contributed by atoms with E-state index in [0.717, 1.165) is 22.9 Å². The summed E-state index contributed by atoms with van der Waals surface area (Å²) in [7, 11) is -7.28. The summed E-state index contributed by atoms with van der Waals surface area (Å²) in [5, 5.41) is 2.72. The van der Waals surface area contributed by atoms with Crippen LogP contribution in [0.3, 0.4) is 0 Å².